The van der Waals surface area contributed by atoms with Crippen molar-refractivity contribution in [2.24, 2.45) is 5.92 Å². The smallest absolute Gasteiger partial charge is 0.160 e. The van der Waals surface area contributed by atoms with Crippen molar-refractivity contribution in [3.63, 3.8) is 0 Å². The molecule has 0 bridgehead atoms. The summed E-state index contributed by atoms with van der Waals surface area (Å²) in [6.07, 6.45) is 2.13. The van der Waals surface area contributed by atoms with E-state index in [1.165, 1.54) is 22.7 Å². The molecule has 1 unspecified atom stereocenters. The van der Waals surface area contributed by atoms with E-state index >= 15 is 0 Å². The molecule has 0 aliphatic heterocycles. The highest BCUT2D eigenvalue weighted by Crippen LogP contribution is 2.26. The van der Waals surface area contributed by atoms with Gasteiger partial charge in [-0.25, -0.2) is 0 Å². The Morgan fingerprint density at radius 3 is 3.00 bits per heavy atom. The molecule has 0 amide bonds. The van der Waals surface area contributed by atoms with Gasteiger partial charge >= 0.3 is 0 Å². The zero-order valence-corrected chi connectivity index (χ0v) is 9.58. The molecular weight excluding hydrogens is 200 g/mol. The SMILES string of the molecule is CCC(C)CSc1csc(C=O)c1. The van der Waals surface area contributed by atoms with Crippen molar-refractivity contribution in [3.05, 3.63) is 16.3 Å². The van der Waals surface area contributed by atoms with Crippen LogP contribution in [-0.4, -0.2) is 12.0 Å². The maximum Gasteiger partial charge on any atom is 0.160 e. The zero-order chi connectivity index (χ0) is 9.68. The van der Waals surface area contributed by atoms with Crippen molar-refractivity contribution >= 4 is 29.4 Å². The number of thioether (sulfide) groups is 1. The van der Waals surface area contributed by atoms with Gasteiger partial charge < -0.3 is 0 Å². The van der Waals surface area contributed by atoms with Gasteiger partial charge in [0, 0.05) is 16.0 Å². The first kappa shape index (κ1) is 10.8. The van der Waals surface area contributed by atoms with Gasteiger partial charge in [0.2, 0.25) is 0 Å². The van der Waals surface area contributed by atoms with Crippen molar-refractivity contribution < 1.29 is 4.79 Å². The Labute approximate surface area is 87.5 Å². The Morgan fingerprint density at radius 1 is 1.69 bits per heavy atom. The first-order valence-corrected chi connectivity index (χ1v) is 6.29. The van der Waals surface area contributed by atoms with E-state index < -0.39 is 0 Å². The number of hydrogen-bond donors (Lipinski definition) is 0. The summed E-state index contributed by atoms with van der Waals surface area (Å²) >= 11 is 3.36. The van der Waals surface area contributed by atoms with Crippen molar-refractivity contribution in [2.45, 2.75) is 25.2 Å². The van der Waals surface area contributed by atoms with Crippen molar-refractivity contribution in [2.75, 3.05) is 5.75 Å². The molecule has 0 aromatic carbocycles. The molecule has 1 nitrogen and oxygen atoms in total. The second-order valence-corrected chi connectivity index (χ2v) is 5.16. The standard InChI is InChI=1S/C10H14OS2/c1-3-8(2)6-12-10-4-9(5-11)13-7-10/h4-5,7-8H,3,6H2,1-2H3. The molecule has 0 saturated heterocycles. The van der Waals surface area contributed by atoms with Crippen LogP contribution in [0.25, 0.3) is 0 Å². The highest BCUT2D eigenvalue weighted by atomic mass is 32.2. The molecule has 0 aliphatic rings. The molecule has 1 aromatic heterocycles. The molecule has 1 aromatic rings. The summed E-state index contributed by atoms with van der Waals surface area (Å²) < 4.78 is 0. The minimum Gasteiger partial charge on any atom is -0.297 e. The van der Waals surface area contributed by atoms with E-state index in [1.807, 2.05) is 17.8 Å². The molecule has 13 heavy (non-hydrogen) atoms. The predicted molar refractivity (Wildman–Crippen MR) is 59.9 cm³/mol. The lowest BCUT2D eigenvalue weighted by atomic mass is 10.2. The van der Waals surface area contributed by atoms with E-state index in [1.54, 1.807) is 0 Å². The third-order valence-electron chi connectivity index (χ3n) is 1.94. The van der Waals surface area contributed by atoms with Gasteiger partial charge in [-0.05, 0) is 12.0 Å². The molecule has 0 fully saturated rings. The topological polar surface area (TPSA) is 17.1 Å². The van der Waals surface area contributed by atoms with Gasteiger partial charge in [-0.1, -0.05) is 20.3 Å². The van der Waals surface area contributed by atoms with Crippen molar-refractivity contribution in [3.8, 4) is 0 Å². The van der Waals surface area contributed by atoms with Gasteiger partial charge in [0.1, 0.15) is 0 Å². The lowest BCUT2D eigenvalue weighted by Crippen LogP contribution is -1.94. The van der Waals surface area contributed by atoms with Crippen LogP contribution in [-0.2, 0) is 0 Å². The number of thiophene rings is 1. The highest BCUT2D eigenvalue weighted by molar-refractivity contribution is 7.99. The maximum atomic E-state index is 10.4. The molecular formula is C10H14OS2. The highest BCUT2D eigenvalue weighted by Gasteiger charge is 2.02. The fraction of sp³-hybridized carbons (Fsp3) is 0.500. The van der Waals surface area contributed by atoms with Crippen LogP contribution in [0.4, 0.5) is 0 Å². The van der Waals surface area contributed by atoms with E-state index in [0.29, 0.717) is 0 Å². The van der Waals surface area contributed by atoms with E-state index in [2.05, 4.69) is 19.2 Å². The summed E-state index contributed by atoms with van der Waals surface area (Å²) in [6.45, 7) is 4.45. The van der Waals surface area contributed by atoms with Gasteiger partial charge in [-0.15, -0.1) is 23.1 Å². The molecule has 1 atom stereocenters. The number of carbonyl (C=O) groups excluding carboxylic acids is 1. The van der Waals surface area contributed by atoms with Crippen LogP contribution < -0.4 is 0 Å². The first-order chi connectivity index (χ1) is 6.26. The average Bonchev–Trinajstić information content (AvgIpc) is 2.61. The van der Waals surface area contributed by atoms with Crippen LogP contribution in [0.5, 0.6) is 0 Å². The molecule has 0 N–H and O–H groups in total. The quantitative estimate of drug-likeness (QED) is 0.549. The van der Waals surface area contributed by atoms with Crippen LogP contribution in [0.2, 0.25) is 0 Å². The minimum absolute atomic E-state index is 0.754. The zero-order valence-electron chi connectivity index (χ0n) is 7.95. The van der Waals surface area contributed by atoms with Crippen LogP contribution in [0.1, 0.15) is 29.9 Å². The van der Waals surface area contributed by atoms with Gasteiger partial charge in [-0.3, -0.25) is 4.79 Å². The summed E-state index contributed by atoms with van der Waals surface area (Å²) in [4.78, 5) is 12.5. The molecule has 3 heteroatoms. The van der Waals surface area contributed by atoms with E-state index in [9.17, 15) is 4.79 Å². The second-order valence-electron chi connectivity index (χ2n) is 3.13. The molecule has 1 heterocycles. The molecule has 1 rings (SSSR count). The lowest BCUT2D eigenvalue weighted by molar-refractivity contribution is 0.112. The van der Waals surface area contributed by atoms with Crippen LogP contribution in [0, 0.1) is 5.92 Å². The fourth-order valence-corrected chi connectivity index (χ4v) is 2.81. The fourth-order valence-electron chi connectivity index (χ4n) is 0.828. The Bertz CT molecular complexity index is 268. The predicted octanol–water partition coefficient (Wildman–Crippen LogP) is 3.70. The van der Waals surface area contributed by atoms with E-state index in [0.717, 1.165) is 22.8 Å². The van der Waals surface area contributed by atoms with Crippen molar-refractivity contribution in [1.82, 2.24) is 0 Å². The van der Waals surface area contributed by atoms with E-state index in [-0.39, 0.29) is 0 Å². The van der Waals surface area contributed by atoms with Crippen molar-refractivity contribution in [1.29, 1.82) is 0 Å². The summed E-state index contributed by atoms with van der Waals surface area (Å²) in [5.41, 5.74) is 0. The number of rotatable bonds is 5. The number of aldehydes is 1. The monoisotopic (exact) mass is 214 g/mol. The van der Waals surface area contributed by atoms with Gasteiger partial charge in [0.05, 0.1) is 4.88 Å². The summed E-state index contributed by atoms with van der Waals surface area (Å²) in [5, 5.41) is 2.05. The molecule has 72 valence electrons. The van der Waals surface area contributed by atoms with Crippen LogP contribution in [0.15, 0.2) is 16.3 Å². The largest absolute Gasteiger partial charge is 0.297 e. The van der Waals surface area contributed by atoms with Gasteiger partial charge in [0.25, 0.3) is 0 Å². The Kier molecular flexibility index (Phi) is 4.53. The third-order valence-corrected chi connectivity index (χ3v) is 4.26. The summed E-state index contributed by atoms with van der Waals surface area (Å²) in [6, 6.07) is 1.96. The minimum atomic E-state index is 0.754. The normalized spacial score (nSPS) is 12.8. The third kappa shape index (κ3) is 3.53. The van der Waals surface area contributed by atoms with Crippen LogP contribution in [0.3, 0.4) is 0 Å². The number of hydrogen-bond acceptors (Lipinski definition) is 3. The van der Waals surface area contributed by atoms with Crippen LogP contribution >= 0.6 is 23.1 Å². The van der Waals surface area contributed by atoms with Gasteiger partial charge in [-0.2, -0.15) is 0 Å². The summed E-state index contributed by atoms with van der Waals surface area (Å²) in [5.74, 6) is 1.90. The Morgan fingerprint density at radius 2 is 2.46 bits per heavy atom. The summed E-state index contributed by atoms with van der Waals surface area (Å²) in [7, 11) is 0. The molecule has 0 saturated carbocycles. The van der Waals surface area contributed by atoms with Gasteiger partial charge in [0.15, 0.2) is 6.29 Å². The second kappa shape index (κ2) is 5.45. The molecule has 0 radical (unpaired) electrons. The maximum absolute atomic E-state index is 10.4. The molecule has 0 spiro atoms. The Balaban J connectivity index is 2.40. The lowest BCUT2D eigenvalue weighted by Gasteiger charge is -2.05. The van der Waals surface area contributed by atoms with E-state index in [4.69, 9.17) is 0 Å². The number of carbonyl (C=O) groups is 1. The Hall–Kier alpha value is -0.280. The molecule has 0 aliphatic carbocycles. The first-order valence-electron chi connectivity index (χ1n) is 4.42. The average molecular weight is 214 g/mol.